The van der Waals surface area contributed by atoms with Gasteiger partial charge in [0.15, 0.2) is 0 Å². The van der Waals surface area contributed by atoms with Crippen LogP contribution in [-0.2, 0) is 12.5 Å². The topological polar surface area (TPSA) is 71.8 Å². The first-order valence-corrected chi connectivity index (χ1v) is 10.8. The number of carbonyl (C=O) groups excluding carboxylic acids is 1. The van der Waals surface area contributed by atoms with E-state index in [0.717, 1.165) is 11.1 Å². The van der Waals surface area contributed by atoms with Crippen molar-refractivity contribution in [2.75, 3.05) is 10.6 Å². The molecule has 32 heavy (non-hydrogen) atoms. The molecule has 0 aliphatic heterocycles. The maximum absolute atomic E-state index is 12.9. The van der Waals surface area contributed by atoms with E-state index in [9.17, 15) is 4.79 Å². The molecule has 2 aromatic carbocycles. The maximum atomic E-state index is 12.9. The van der Waals surface area contributed by atoms with Crippen LogP contribution in [0.5, 0.6) is 0 Å². The monoisotopic (exact) mass is 467 g/mol. The molecule has 4 rings (SSSR count). The Kier molecular flexibility index (Phi) is 5.84. The van der Waals surface area contributed by atoms with Gasteiger partial charge in [0.2, 0.25) is 5.95 Å². The minimum absolute atomic E-state index is 0.0385. The summed E-state index contributed by atoms with van der Waals surface area (Å²) in [6.07, 6.45) is 1.70. The molecule has 0 aliphatic rings. The molecule has 0 saturated carbocycles. The fraction of sp³-hybridized carbons (Fsp3) is 0.208. The summed E-state index contributed by atoms with van der Waals surface area (Å²) in [7, 11) is 1.88. The van der Waals surface area contributed by atoms with Crippen LogP contribution in [0, 0.1) is 0 Å². The Bertz CT molecular complexity index is 1300. The molecule has 164 valence electrons. The van der Waals surface area contributed by atoms with E-state index in [1.807, 2.05) is 29.8 Å². The lowest BCUT2D eigenvalue weighted by atomic mass is 9.88. The Morgan fingerprint density at radius 1 is 1.03 bits per heavy atom. The van der Waals surface area contributed by atoms with Crippen LogP contribution >= 0.6 is 23.2 Å². The number of benzene rings is 2. The number of hydrogen-bond donors (Lipinski definition) is 2. The molecule has 0 radical (unpaired) electrons. The lowest BCUT2D eigenvalue weighted by molar-refractivity contribution is 0.102. The predicted octanol–water partition coefficient (Wildman–Crippen LogP) is 6.57. The van der Waals surface area contributed by atoms with Crippen LogP contribution in [0.1, 0.15) is 36.7 Å². The molecule has 0 spiro atoms. The van der Waals surface area contributed by atoms with E-state index in [1.165, 1.54) is 0 Å². The van der Waals surface area contributed by atoms with Gasteiger partial charge in [0.1, 0.15) is 5.82 Å². The molecule has 0 fully saturated rings. The van der Waals surface area contributed by atoms with Gasteiger partial charge in [-0.1, -0.05) is 50.0 Å². The number of hydrogen-bond acceptors (Lipinski definition) is 4. The Hall–Kier alpha value is -3.09. The third-order valence-corrected chi connectivity index (χ3v) is 5.84. The summed E-state index contributed by atoms with van der Waals surface area (Å²) in [5.74, 6) is 0.825. The van der Waals surface area contributed by atoms with Gasteiger partial charge in [-0.05, 0) is 53.4 Å². The Balaban J connectivity index is 1.61. The van der Waals surface area contributed by atoms with Crippen LogP contribution in [0.2, 0.25) is 10.0 Å². The summed E-state index contributed by atoms with van der Waals surface area (Å²) in [6, 6.07) is 14.5. The molecule has 0 atom stereocenters. The summed E-state index contributed by atoms with van der Waals surface area (Å²) in [5, 5.41) is 7.05. The molecule has 2 N–H and O–H groups in total. The van der Waals surface area contributed by atoms with Crippen LogP contribution < -0.4 is 10.6 Å². The highest BCUT2D eigenvalue weighted by Gasteiger charge is 2.17. The Morgan fingerprint density at radius 3 is 2.44 bits per heavy atom. The number of para-hydroxylation sites is 1. The summed E-state index contributed by atoms with van der Waals surface area (Å²) in [4.78, 5) is 21.8. The number of carbonyl (C=O) groups is 1. The number of imidazole rings is 1. The zero-order valence-electron chi connectivity index (χ0n) is 18.2. The number of pyridine rings is 1. The number of fused-ring (bicyclic) bond motifs is 1. The van der Waals surface area contributed by atoms with Crippen LogP contribution in [0.4, 0.5) is 17.5 Å². The number of nitrogens with zero attached hydrogens (tertiary/aromatic N) is 3. The van der Waals surface area contributed by atoms with E-state index in [0.29, 0.717) is 38.6 Å². The number of aryl methyl sites for hydroxylation is 1. The van der Waals surface area contributed by atoms with Crippen LogP contribution in [-0.4, -0.2) is 20.4 Å². The second-order valence-corrected chi connectivity index (χ2v) is 9.37. The van der Waals surface area contributed by atoms with Gasteiger partial charge in [0.25, 0.3) is 5.91 Å². The highest BCUT2D eigenvalue weighted by Crippen LogP contribution is 2.33. The second kappa shape index (κ2) is 8.45. The highest BCUT2D eigenvalue weighted by atomic mass is 35.5. The lowest BCUT2D eigenvalue weighted by Gasteiger charge is -2.19. The minimum atomic E-state index is -0.250. The fourth-order valence-corrected chi connectivity index (χ4v) is 3.83. The molecule has 0 aliphatic carbocycles. The third-order valence-electron chi connectivity index (χ3n) is 5.21. The van der Waals surface area contributed by atoms with Crippen molar-refractivity contribution >= 4 is 57.6 Å². The molecule has 8 heteroatoms. The van der Waals surface area contributed by atoms with Crippen molar-refractivity contribution in [3.05, 3.63) is 75.9 Å². The molecule has 1 amide bonds. The first kappa shape index (κ1) is 22.1. The van der Waals surface area contributed by atoms with E-state index in [4.69, 9.17) is 23.2 Å². The van der Waals surface area contributed by atoms with Crippen molar-refractivity contribution in [2.24, 2.45) is 7.05 Å². The van der Waals surface area contributed by atoms with Crippen LogP contribution in [0.15, 0.2) is 54.7 Å². The van der Waals surface area contributed by atoms with Gasteiger partial charge in [-0.25, -0.2) is 9.97 Å². The van der Waals surface area contributed by atoms with E-state index >= 15 is 0 Å². The van der Waals surface area contributed by atoms with Crippen molar-refractivity contribution < 1.29 is 4.79 Å². The van der Waals surface area contributed by atoms with Crippen molar-refractivity contribution in [1.29, 1.82) is 0 Å². The molecule has 6 nitrogen and oxygen atoms in total. The van der Waals surface area contributed by atoms with Gasteiger partial charge in [0, 0.05) is 18.8 Å². The average molecular weight is 468 g/mol. The van der Waals surface area contributed by atoms with Crippen LogP contribution in [0.3, 0.4) is 0 Å². The largest absolute Gasteiger partial charge is 0.323 e. The van der Waals surface area contributed by atoms with Gasteiger partial charge in [0.05, 0.1) is 26.8 Å². The maximum Gasteiger partial charge on any atom is 0.256 e. The highest BCUT2D eigenvalue weighted by molar-refractivity contribution is 6.39. The number of rotatable bonds is 4. The van der Waals surface area contributed by atoms with Gasteiger partial charge in [-0.3, -0.25) is 4.79 Å². The molecule has 0 saturated heterocycles. The molecule has 2 heterocycles. The van der Waals surface area contributed by atoms with Gasteiger partial charge < -0.3 is 15.2 Å². The number of aromatic nitrogens is 3. The summed E-state index contributed by atoms with van der Waals surface area (Å²) >= 11 is 12.5. The van der Waals surface area contributed by atoms with Gasteiger partial charge in [-0.15, -0.1) is 0 Å². The number of amides is 1. The molecule has 0 bridgehead atoms. The van der Waals surface area contributed by atoms with Crippen molar-refractivity contribution in [3.63, 3.8) is 0 Å². The SMILES string of the molecule is Cn1c(Nc2c(Cl)cccc2Cl)nc2cc(C(=O)Nc3cc(C(C)(C)C)ccn3)ccc21. The van der Waals surface area contributed by atoms with Gasteiger partial charge >= 0.3 is 0 Å². The molecule has 0 unspecified atom stereocenters. The number of nitrogens with one attached hydrogen (secondary N) is 2. The average Bonchev–Trinajstić information content (AvgIpc) is 3.05. The van der Waals surface area contributed by atoms with Gasteiger partial charge in [-0.2, -0.15) is 0 Å². The van der Waals surface area contributed by atoms with E-state index in [-0.39, 0.29) is 11.3 Å². The molecular weight excluding hydrogens is 445 g/mol. The second-order valence-electron chi connectivity index (χ2n) is 8.55. The van der Waals surface area contributed by atoms with Crippen molar-refractivity contribution in [3.8, 4) is 0 Å². The quantitative estimate of drug-likeness (QED) is 0.356. The first-order valence-electron chi connectivity index (χ1n) is 10.1. The molecule has 4 aromatic rings. The fourth-order valence-electron chi connectivity index (χ4n) is 3.34. The van der Waals surface area contributed by atoms with E-state index < -0.39 is 0 Å². The van der Waals surface area contributed by atoms with Crippen molar-refractivity contribution in [2.45, 2.75) is 26.2 Å². The third kappa shape index (κ3) is 4.42. The van der Waals surface area contributed by atoms with Crippen LogP contribution in [0.25, 0.3) is 11.0 Å². The predicted molar refractivity (Wildman–Crippen MR) is 131 cm³/mol. The minimum Gasteiger partial charge on any atom is -0.323 e. The summed E-state index contributed by atoms with van der Waals surface area (Å²) in [6.45, 7) is 6.35. The van der Waals surface area contributed by atoms with E-state index in [1.54, 1.807) is 36.5 Å². The number of anilines is 3. The standard InChI is InChI=1S/C24H23Cl2N5O/c1-24(2,3)15-10-11-27-20(13-15)29-22(32)14-8-9-19-18(12-14)28-23(31(19)4)30-21-16(25)6-5-7-17(21)26/h5-13H,1-4H3,(H,28,30)(H,27,29,32). The van der Waals surface area contributed by atoms with E-state index in [2.05, 4.69) is 41.4 Å². The Morgan fingerprint density at radius 2 is 1.75 bits per heavy atom. The smallest absolute Gasteiger partial charge is 0.256 e. The lowest BCUT2D eigenvalue weighted by Crippen LogP contribution is -2.15. The number of halogens is 2. The molecular formula is C24H23Cl2N5O. The Labute approximate surface area is 196 Å². The zero-order valence-corrected chi connectivity index (χ0v) is 19.7. The first-order chi connectivity index (χ1) is 15.1. The summed E-state index contributed by atoms with van der Waals surface area (Å²) in [5.41, 5.74) is 3.65. The molecule has 2 aromatic heterocycles. The normalized spacial score (nSPS) is 11.6. The van der Waals surface area contributed by atoms with Crippen molar-refractivity contribution in [1.82, 2.24) is 14.5 Å². The summed E-state index contributed by atoms with van der Waals surface area (Å²) < 4.78 is 1.88. The zero-order chi connectivity index (χ0) is 23.0.